The highest BCUT2D eigenvalue weighted by Crippen LogP contribution is 2.38. The van der Waals surface area contributed by atoms with E-state index in [1.165, 1.54) is 0 Å². The average Bonchev–Trinajstić information content (AvgIpc) is 3.06. The molecule has 1 aliphatic heterocycles. The number of fused-ring (bicyclic) bond motifs is 1. The number of carbonyl (C=O) groups excluding carboxylic acids is 1. The Morgan fingerprint density at radius 3 is 2.71 bits per heavy atom. The van der Waals surface area contributed by atoms with Gasteiger partial charge in [0.2, 0.25) is 0 Å². The standard InChI is InChI=1S/C28H28N4O3/c1-19-12-20(2)32(30-19)17-21-6-4-7-22(13-21)28(33)31-10-11-35-27-25(18-31)14-24(15-26(27)34-3)23-8-5-9-29-16-23/h4-9,12-16H,10-11,17-18H2,1-3H3. The molecule has 3 heterocycles. The summed E-state index contributed by atoms with van der Waals surface area (Å²) in [6.45, 7) is 5.96. The van der Waals surface area contributed by atoms with Crippen molar-refractivity contribution < 1.29 is 14.3 Å². The second kappa shape index (κ2) is 9.62. The fraction of sp³-hybridized carbons (Fsp3) is 0.250. The molecule has 0 spiro atoms. The van der Waals surface area contributed by atoms with Crippen molar-refractivity contribution in [2.45, 2.75) is 26.9 Å². The molecule has 1 amide bonds. The Hall–Kier alpha value is -4.13. The van der Waals surface area contributed by atoms with Crippen molar-refractivity contribution in [3.8, 4) is 22.6 Å². The predicted molar refractivity (Wildman–Crippen MR) is 134 cm³/mol. The third kappa shape index (κ3) is 4.75. The summed E-state index contributed by atoms with van der Waals surface area (Å²) in [7, 11) is 1.63. The summed E-state index contributed by atoms with van der Waals surface area (Å²) in [4.78, 5) is 19.6. The molecule has 0 bridgehead atoms. The summed E-state index contributed by atoms with van der Waals surface area (Å²) in [5, 5.41) is 4.55. The average molecular weight is 469 g/mol. The minimum atomic E-state index is -0.0255. The van der Waals surface area contributed by atoms with Crippen molar-refractivity contribution in [2.24, 2.45) is 0 Å². The van der Waals surface area contributed by atoms with Gasteiger partial charge in [-0.05, 0) is 61.4 Å². The Balaban J connectivity index is 1.42. The van der Waals surface area contributed by atoms with Gasteiger partial charge in [0, 0.05) is 41.3 Å². The van der Waals surface area contributed by atoms with Crippen LogP contribution in [-0.2, 0) is 13.1 Å². The van der Waals surface area contributed by atoms with E-state index in [1.54, 1.807) is 13.3 Å². The molecule has 0 saturated heterocycles. The van der Waals surface area contributed by atoms with Crippen molar-refractivity contribution in [1.82, 2.24) is 19.7 Å². The maximum atomic E-state index is 13.6. The molecule has 35 heavy (non-hydrogen) atoms. The third-order valence-corrected chi connectivity index (χ3v) is 6.21. The highest BCUT2D eigenvalue weighted by atomic mass is 16.5. The fourth-order valence-corrected chi connectivity index (χ4v) is 4.50. The molecule has 0 saturated carbocycles. The molecule has 0 aliphatic carbocycles. The van der Waals surface area contributed by atoms with Crippen molar-refractivity contribution in [2.75, 3.05) is 20.3 Å². The normalized spacial score (nSPS) is 13.1. The van der Waals surface area contributed by atoms with Crippen LogP contribution in [0.3, 0.4) is 0 Å². The van der Waals surface area contributed by atoms with Gasteiger partial charge in [-0.2, -0.15) is 5.10 Å². The van der Waals surface area contributed by atoms with Crippen LogP contribution in [-0.4, -0.2) is 45.8 Å². The topological polar surface area (TPSA) is 69.5 Å². The number of rotatable bonds is 5. The number of methoxy groups -OCH3 is 1. The summed E-state index contributed by atoms with van der Waals surface area (Å²) >= 11 is 0. The van der Waals surface area contributed by atoms with Gasteiger partial charge in [0.25, 0.3) is 5.91 Å². The number of pyridine rings is 1. The second-order valence-electron chi connectivity index (χ2n) is 8.77. The highest BCUT2D eigenvalue weighted by molar-refractivity contribution is 5.94. The summed E-state index contributed by atoms with van der Waals surface area (Å²) < 4.78 is 13.6. The Morgan fingerprint density at radius 1 is 1.09 bits per heavy atom. The first-order chi connectivity index (χ1) is 17.0. The summed E-state index contributed by atoms with van der Waals surface area (Å²) in [5.74, 6) is 1.32. The van der Waals surface area contributed by atoms with Crippen LogP contribution in [0.4, 0.5) is 0 Å². The van der Waals surface area contributed by atoms with E-state index in [9.17, 15) is 4.79 Å². The lowest BCUT2D eigenvalue weighted by molar-refractivity contribution is 0.0733. The number of carbonyl (C=O) groups is 1. The molecule has 178 valence electrons. The van der Waals surface area contributed by atoms with Crippen molar-refractivity contribution in [3.63, 3.8) is 0 Å². The van der Waals surface area contributed by atoms with Gasteiger partial charge in [0.05, 0.1) is 25.9 Å². The van der Waals surface area contributed by atoms with Crippen LogP contribution in [0.15, 0.2) is 67.0 Å². The van der Waals surface area contributed by atoms with Gasteiger partial charge >= 0.3 is 0 Å². The lowest BCUT2D eigenvalue weighted by Crippen LogP contribution is -2.32. The fourth-order valence-electron chi connectivity index (χ4n) is 4.50. The number of hydrogen-bond donors (Lipinski definition) is 0. The molecular weight excluding hydrogens is 440 g/mol. The minimum absolute atomic E-state index is 0.0255. The van der Waals surface area contributed by atoms with Crippen LogP contribution in [0.2, 0.25) is 0 Å². The third-order valence-electron chi connectivity index (χ3n) is 6.21. The van der Waals surface area contributed by atoms with Gasteiger partial charge in [-0.1, -0.05) is 18.2 Å². The summed E-state index contributed by atoms with van der Waals surface area (Å²) in [6, 6.07) is 17.7. The van der Waals surface area contributed by atoms with Gasteiger partial charge in [-0.15, -0.1) is 0 Å². The zero-order valence-electron chi connectivity index (χ0n) is 20.2. The molecule has 0 atom stereocenters. The van der Waals surface area contributed by atoms with Gasteiger partial charge in [0.1, 0.15) is 6.61 Å². The SMILES string of the molecule is COc1cc(-c2cccnc2)cc2c1OCCN(C(=O)c1cccc(Cn3nc(C)cc3C)c1)C2. The van der Waals surface area contributed by atoms with Crippen LogP contribution >= 0.6 is 0 Å². The van der Waals surface area contributed by atoms with Crippen LogP contribution < -0.4 is 9.47 Å². The maximum absolute atomic E-state index is 13.6. The first kappa shape index (κ1) is 22.7. The van der Waals surface area contributed by atoms with Crippen LogP contribution in [0.5, 0.6) is 11.5 Å². The largest absolute Gasteiger partial charge is 0.493 e. The molecule has 0 fully saturated rings. The molecule has 0 N–H and O–H groups in total. The number of amides is 1. The number of aromatic nitrogens is 3. The van der Waals surface area contributed by atoms with Crippen LogP contribution in [0, 0.1) is 13.8 Å². The van der Waals surface area contributed by atoms with Gasteiger partial charge in [-0.3, -0.25) is 14.5 Å². The number of aryl methyl sites for hydroxylation is 2. The van der Waals surface area contributed by atoms with E-state index in [1.807, 2.05) is 72.1 Å². The van der Waals surface area contributed by atoms with Crippen LogP contribution in [0.25, 0.3) is 11.1 Å². The molecule has 2 aromatic carbocycles. The number of hydrogen-bond acceptors (Lipinski definition) is 5. The van der Waals surface area contributed by atoms with Crippen molar-refractivity contribution in [1.29, 1.82) is 0 Å². The highest BCUT2D eigenvalue weighted by Gasteiger charge is 2.24. The molecule has 7 nitrogen and oxygen atoms in total. The van der Waals surface area contributed by atoms with Gasteiger partial charge in [-0.25, -0.2) is 0 Å². The molecule has 7 heteroatoms. The van der Waals surface area contributed by atoms with Crippen molar-refractivity contribution >= 4 is 5.91 Å². The Kier molecular flexibility index (Phi) is 6.23. The predicted octanol–water partition coefficient (Wildman–Crippen LogP) is 4.65. The Bertz CT molecular complexity index is 1360. The Labute approximate surface area is 204 Å². The zero-order chi connectivity index (χ0) is 24.4. The maximum Gasteiger partial charge on any atom is 0.254 e. The zero-order valence-corrected chi connectivity index (χ0v) is 20.2. The quantitative estimate of drug-likeness (QED) is 0.426. The monoisotopic (exact) mass is 468 g/mol. The van der Waals surface area contributed by atoms with Gasteiger partial charge in [0.15, 0.2) is 11.5 Å². The molecule has 4 aromatic rings. The lowest BCUT2D eigenvalue weighted by atomic mass is 10.0. The molecule has 1 aliphatic rings. The summed E-state index contributed by atoms with van der Waals surface area (Å²) in [6.07, 6.45) is 3.56. The molecule has 0 unspecified atom stereocenters. The first-order valence-corrected chi connectivity index (χ1v) is 11.6. The van der Waals surface area contributed by atoms with E-state index in [2.05, 4.69) is 22.2 Å². The van der Waals surface area contributed by atoms with E-state index in [0.29, 0.717) is 43.3 Å². The number of ether oxygens (including phenoxy) is 2. The number of nitrogens with zero attached hydrogens (tertiary/aromatic N) is 4. The molecular formula is C28H28N4O3. The number of benzene rings is 2. The van der Waals surface area contributed by atoms with E-state index in [4.69, 9.17) is 9.47 Å². The Morgan fingerprint density at radius 2 is 1.97 bits per heavy atom. The molecule has 0 radical (unpaired) electrons. The van der Waals surface area contributed by atoms with E-state index in [-0.39, 0.29) is 5.91 Å². The lowest BCUT2D eigenvalue weighted by Gasteiger charge is -2.21. The van der Waals surface area contributed by atoms with E-state index in [0.717, 1.165) is 33.6 Å². The second-order valence-corrected chi connectivity index (χ2v) is 8.77. The van der Waals surface area contributed by atoms with E-state index < -0.39 is 0 Å². The van der Waals surface area contributed by atoms with Crippen LogP contribution in [0.1, 0.15) is 32.9 Å². The minimum Gasteiger partial charge on any atom is -0.493 e. The summed E-state index contributed by atoms with van der Waals surface area (Å²) in [5.41, 5.74) is 6.63. The molecule has 2 aromatic heterocycles. The van der Waals surface area contributed by atoms with Crippen molar-refractivity contribution in [3.05, 3.63) is 95.1 Å². The van der Waals surface area contributed by atoms with E-state index >= 15 is 0 Å². The smallest absolute Gasteiger partial charge is 0.254 e. The van der Waals surface area contributed by atoms with Gasteiger partial charge < -0.3 is 14.4 Å². The first-order valence-electron chi connectivity index (χ1n) is 11.6. The molecule has 5 rings (SSSR count).